The second-order valence-corrected chi connectivity index (χ2v) is 23.7. The highest BCUT2D eigenvalue weighted by molar-refractivity contribution is 8.00. The summed E-state index contributed by atoms with van der Waals surface area (Å²) in [5, 5.41) is 18.8. The van der Waals surface area contributed by atoms with Crippen molar-refractivity contribution >= 4 is 59.2 Å². The molecule has 0 spiro atoms. The largest absolute Gasteiger partial charge is 0.480 e. The van der Waals surface area contributed by atoms with Gasteiger partial charge in [0, 0.05) is 37.2 Å². The predicted molar refractivity (Wildman–Crippen MR) is 321 cm³/mol. The maximum atomic E-state index is 13.7. The van der Waals surface area contributed by atoms with E-state index in [4.69, 9.17) is 14.6 Å². The molecule has 0 aliphatic carbocycles. The number of amides is 5. The molecule has 1 aliphatic heterocycles. The number of esters is 2. The van der Waals surface area contributed by atoms with Crippen LogP contribution in [0, 0.1) is 0 Å². The van der Waals surface area contributed by atoms with E-state index < -0.39 is 47.3 Å². The van der Waals surface area contributed by atoms with E-state index >= 15 is 0 Å². The van der Waals surface area contributed by atoms with Gasteiger partial charge in [-0.1, -0.05) is 252 Å². The van der Waals surface area contributed by atoms with Gasteiger partial charge in [-0.15, -0.1) is 11.8 Å². The zero-order valence-electron chi connectivity index (χ0n) is 50.6. The molecular weight excluding hydrogens is 1020 g/mol. The number of nitrogens with one attached hydrogen (secondary N) is 4. The van der Waals surface area contributed by atoms with Gasteiger partial charge < -0.3 is 30.5 Å². The summed E-state index contributed by atoms with van der Waals surface area (Å²) in [5.74, 6) is -4.35. The number of rotatable bonds is 54. The van der Waals surface area contributed by atoms with Gasteiger partial charge in [0.05, 0.1) is 0 Å². The van der Waals surface area contributed by atoms with E-state index in [9.17, 15) is 38.4 Å². The fourth-order valence-corrected chi connectivity index (χ4v) is 10.4. The highest BCUT2D eigenvalue weighted by Crippen LogP contribution is 2.30. The average molecular weight is 1140 g/mol. The normalized spacial score (nSPS) is 13.4. The van der Waals surface area contributed by atoms with Crippen molar-refractivity contribution in [3.8, 4) is 0 Å². The first kappa shape index (κ1) is 75.0. The molecule has 0 aromatic heterocycles. The lowest BCUT2D eigenvalue weighted by Gasteiger charge is -2.30. The number of carbonyl (C=O) groups is 8. The number of imide groups is 1. The number of hydrogen-bond acceptors (Lipinski definition) is 11. The Morgan fingerprint density at radius 3 is 1.19 bits per heavy atom. The van der Waals surface area contributed by atoms with E-state index in [0.29, 0.717) is 19.3 Å². The van der Waals surface area contributed by atoms with Crippen molar-refractivity contribution in [1.82, 2.24) is 21.3 Å². The zero-order valence-corrected chi connectivity index (χ0v) is 51.4. The van der Waals surface area contributed by atoms with Crippen LogP contribution in [0.5, 0.6) is 0 Å². The lowest BCUT2D eigenvalue weighted by Crippen LogP contribution is -2.54. The quantitative estimate of drug-likeness (QED) is 0.0166. The SMILES string of the molecule is CCCCCCCCCCCCCCCC(=O)N[C@@H](CS[C@](C)(COC(=O)CCCCCCCCCCCCCCC)OC(=O)CCCCCCCCCCCCCCC)C(=O)N[C@@H](C)C(=O)NCC(=O)O.O=C1C=CC(=O)N1. The number of ether oxygens (including phenoxy) is 2. The molecule has 1 rings (SSSR count). The summed E-state index contributed by atoms with van der Waals surface area (Å²) < 4.78 is 11.8. The van der Waals surface area contributed by atoms with Gasteiger partial charge in [0.1, 0.15) is 25.2 Å². The minimum atomic E-state index is -1.36. The molecular formula is C63H114N4O11S. The molecule has 15 nitrogen and oxygen atoms in total. The second-order valence-electron chi connectivity index (χ2n) is 22.2. The standard InChI is InChI=1S/C59H111N3O9S.C4H3NO2/c1-6-9-12-15-18-21-24-27-30-33-36-39-42-45-53(63)62-52(58(69)61-51(4)57(68)60-48-54(64)65)49-72-59(5,71-56(67)47-44-41-38-35-32-29-26-23-20-17-14-11-8-3)50-70-55(66)46-43-40-37-34-31-28-25-22-19-16-13-10-7-2;6-3-1-2-4(7)5-3/h51-52H,6-50H2,1-5H3,(H,60,68)(H,61,69)(H,62,63)(H,64,65);1-2H,(H,5,6,7)/t51-,52-,59+;/m0./s1. The van der Waals surface area contributed by atoms with E-state index in [1.165, 1.54) is 192 Å². The number of aliphatic carboxylic acids is 1. The van der Waals surface area contributed by atoms with Crippen LogP contribution in [-0.2, 0) is 47.8 Å². The maximum Gasteiger partial charge on any atom is 0.322 e. The molecule has 3 atom stereocenters. The monoisotopic (exact) mass is 1130 g/mol. The molecule has 0 aromatic rings. The van der Waals surface area contributed by atoms with Crippen molar-refractivity contribution in [2.24, 2.45) is 0 Å². The van der Waals surface area contributed by atoms with Crippen LogP contribution >= 0.6 is 11.8 Å². The maximum absolute atomic E-state index is 13.7. The van der Waals surface area contributed by atoms with Crippen molar-refractivity contribution < 1.29 is 52.9 Å². The van der Waals surface area contributed by atoms with Crippen LogP contribution < -0.4 is 21.3 Å². The first-order chi connectivity index (χ1) is 38.2. The van der Waals surface area contributed by atoms with Gasteiger partial charge in [-0.25, -0.2) is 0 Å². The van der Waals surface area contributed by atoms with Gasteiger partial charge in [-0.3, -0.25) is 43.7 Å². The molecule has 1 heterocycles. The summed E-state index contributed by atoms with van der Waals surface area (Å²) in [6, 6.07) is -2.21. The molecule has 0 saturated heterocycles. The van der Waals surface area contributed by atoms with Crippen LogP contribution in [-0.4, -0.2) is 88.5 Å². The van der Waals surface area contributed by atoms with E-state index in [1.54, 1.807) is 6.92 Å². The highest BCUT2D eigenvalue weighted by atomic mass is 32.2. The molecule has 5 N–H and O–H groups in total. The Kier molecular flexibility index (Phi) is 50.7. The van der Waals surface area contributed by atoms with Crippen LogP contribution in [0.25, 0.3) is 0 Å². The van der Waals surface area contributed by atoms with E-state index in [2.05, 4.69) is 36.7 Å². The molecule has 0 aromatic carbocycles. The van der Waals surface area contributed by atoms with Crippen LogP contribution in [0.2, 0.25) is 0 Å². The molecule has 0 saturated carbocycles. The smallest absolute Gasteiger partial charge is 0.322 e. The lowest BCUT2D eigenvalue weighted by molar-refractivity contribution is -0.161. The molecule has 1 aliphatic rings. The Morgan fingerprint density at radius 1 is 0.506 bits per heavy atom. The number of carboxylic acid groups (broad SMARTS) is 1. The van der Waals surface area contributed by atoms with Crippen LogP contribution in [0.3, 0.4) is 0 Å². The van der Waals surface area contributed by atoms with Gasteiger partial charge in [0.15, 0.2) is 4.93 Å². The van der Waals surface area contributed by atoms with Gasteiger partial charge in [-0.05, 0) is 33.1 Å². The number of carbonyl (C=O) groups excluding carboxylic acids is 7. The molecule has 0 fully saturated rings. The third kappa shape index (κ3) is 49.6. The summed E-state index contributed by atoms with van der Waals surface area (Å²) >= 11 is 1.11. The van der Waals surface area contributed by atoms with Crippen molar-refractivity contribution in [2.45, 2.75) is 321 Å². The van der Waals surface area contributed by atoms with Gasteiger partial charge in [0.25, 0.3) is 11.8 Å². The number of unbranched alkanes of at least 4 members (excludes halogenated alkanes) is 36. The molecule has 79 heavy (non-hydrogen) atoms. The van der Waals surface area contributed by atoms with E-state index in [-0.39, 0.29) is 55.3 Å². The average Bonchev–Trinajstić information content (AvgIpc) is 3.81. The van der Waals surface area contributed by atoms with Crippen molar-refractivity contribution in [3.05, 3.63) is 12.2 Å². The molecule has 458 valence electrons. The summed E-state index contributed by atoms with van der Waals surface area (Å²) in [4.78, 5) is 95.9. The zero-order chi connectivity index (χ0) is 58.5. The minimum Gasteiger partial charge on any atom is -0.480 e. The van der Waals surface area contributed by atoms with Gasteiger partial charge in [-0.2, -0.15) is 0 Å². The molecule has 0 bridgehead atoms. The lowest BCUT2D eigenvalue weighted by atomic mass is 10.0. The summed E-state index contributed by atoms with van der Waals surface area (Å²) in [5.41, 5.74) is 0. The molecule has 5 amide bonds. The third-order valence-electron chi connectivity index (χ3n) is 14.3. The van der Waals surface area contributed by atoms with Crippen LogP contribution in [0.4, 0.5) is 0 Å². The Hall–Kier alpha value is -3.95. The Bertz CT molecular complexity index is 1630. The first-order valence-electron chi connectivity index (χ1n) is 31.8. The second kappa shape index (κ2) is 53.4. The predicted octanol–water partition coefficient (Wildman–Crippen LogP) is 14.4. The number of hydrogen-bond donors (Lipinski definition) is 5. The van der Waals surface area contributed by atoms with E-state index in [1.807, 2.05) is 5.32 Å². The minimum absolute atomic E-state index is 0.0431. The van der Waals surface area contributed by atoms with Crippen molar-refractivity contribution in [1.29, 1.82) is 0 Å². The van der Waals surface area contributed by atoms with Crippen LogP contribution in [0.15, 0.2) is 12.2 Å². The molecule has 0 unspecified atom stereocenters. The fourth-order valence-electron chi connectivity index (χ4n) is 9.31. The molecule has 16 heteroatoms. The van der Waals surface area contributed by atoms with Gasteiger partial charge in [0.2, 0.25) is 17.7 Å². The third-order valence-corrected chi connectivity index (χ3v) is 15.6. The number of carboxylic acids is 1. The summed E-state index contributed by atoms with van der Waals surface area (Å²) in [7, 11) is 0. The van der Waals surface area contributed by atoms with Crippen molar-refractivity contribution in [3.63, 3.8) is 0 Å². The van der Waals surface area contributed by atoms with Crippen molar-refractivity contribution in [2.75, 3.05) is 18.9 Å². The summed E-state index contributed by atoms with van der Waals surface area (Å²) in [6.07, 6.45) is 49.5. The van der Waals surface area contributed by atoms with E-state index in [0.717, 1.165) is 69.5 Å². The topological polar surface area (TPSA) is 223 Å². The van der Waals surface area contributed by atoms with Crippen LogP contribution in [0.1, 0.15) is 304 Å². The first-order valence-corrected chi connectivity index (χ1v) is 32.8. The Labute approximate surface area is 483 Å². The summed E-state index contributed by atoms with van der Waals surface area (Å²) in [6.45, 7) is 9.01. The Morgan fingerprint density at radius 2 is 0.848 bits per heavy atom. The number of thioether (sulfide) groups is 1. The molecule has 0 radical (unpaired) electrons. The highest BCUT2D eigenvalue weighted by Gasteiger charge is 2.35. The van der Waals surface area contributed by atoms with Gasteiger partial charge >= 0.3 is 17.9 Å². The Balaban J connectivity index is 0.00000799. The fraction of sp³-hybridized carbons (Fsp3) is 0.841.